The van der Waals surface area contributed by atoms with Gasteiger partial charge in [0.2, 0.25) is 0 Å². The number of hydrogen-bond acceptors (Lipinski definition) is 3. The number of esters is 1. The van der Waals surface area contributed by atoms with Crippen LogP contribution in [0.1, 0.15) is 10.4 Å². The zero-order chi connectivity index (χ0) is 16.1. The van der Waals surface area contributed by atoms with Crippen molar-refractivity contribution in [2.24, 2.45) is 0 Å². The number of halogens is 3. The fourth-order valence-corrected chi connectivity index (χ4v) is 2.25. The second-order valence-corrected chi connectivity index (χ2v) is 5.54. The Balaban J connectivity index is 1.91. The number of anilines is 1. The van der Waals surface area contributed by atoms with E-state index >= 15 is 0 Å². The Morgan fingerprint density at radius 3 is 2.41 bits per heavy atom. The van der Waals surface area contributed by atoms with Gasteiger partial charge >= 0.3 is 5.97 Å². The highest BCUT2D eigenvalue weighted by atomic mass is 35.5. The largest absolute Gasteiger partial charge is 0.452 e. The van der Waals surface area contributed by atoms with Crippen LogP contribution in [0.4, 0.5) is 5.69 Å². The first-order valence-corrected chi connectivity index (χ1v) is 7.26. The molecule has 0 aliphatic heterocycles. The number of nitrogens with one attached hydrogen (secondary N) is 1. The van der Waals surface area contributed by atoms with Crippen molar-refractivity contribution in [2.75, 3.05) is 11.9 Å². The van der Waals surface area contributed by atoms with Gasteiger partial charge < -0.3 is 10.1 Å². The molecule has 0 saturated carbocycles. The first-order valence-electron chi connectivity index (χ1n) is 6.13. The van der Waals surface area contributed by atoms with E-state index in [4.69, 9.17) is 39.5 Å². The predicted molar refractivity (Wildman–Crippen MR) is 86.8 cm³/mol. The Labute approximate surface area is 141 Å². The van der Waals surface area contributed by atoms with Crippen molar-refractivity contribution in [2.45, 2.75) is 0 Å². The van der Waals surface area contributed by atoms with Crippen molar-refractivity contribution in [1.82, 2.24) is 0 Å². The summed E-state index contributed by atoms with van der Waals surface area (Å²) in [4.78, 5) is 23.5. The van der Waals surface area contributed by atoms with Crippen LogP contribution in [-0.2, 0) is 9.53 Å². The molecule has 2 rings (SSSR count). The van der Waals surface area contributed by atoms with Crippen molar-refractivity contribution in [3.63, 3.8) is 0 Å². The molecule has 0 fully saturated rings. The Morgan fingerprint density at radius 1 is 1.00 bits per heavy atom. The summed E-state index contributed by atoms with van der Waals surface area (Å²) < 4.78 is 4.90. The highest BCUT2D eigenvalue weighted by Gasteiger charge is 2.12. The van der Waals surface area contributed by atoms with Gasteiger partial charge in [0.1, 0.15) is 0 Å². The summed E-state index contributed by atoms with van der Waals surface area (Å²) >= 11 is 17.5. The van der Waals surface area contributed by atoms with Gasteiger partial charge in [-0.2, -0.15) is 0 Å². The average molecular weight is 359 g/mol. The first-order chi connectivity index (χ1) is 10.5. The third kappa shape index (κ3) is 4.63. The molecule has 4 nitrogen and oxygen atoms in total. The molecule has 0 saturated heterocycles. The van der Waals surface area contributed by atoms with Crippen LogP contribution in [0.3, 0.4) is 0 Å². The molecular weight excluding hydrogens is 349 g/mol. The minimum Gasteiger partial charge on any atom is -0.452 e. The normalized spacial score (nSPS) is 10.1. The molecule has 0 unspecified atom stereocenters. The van der Waals surface area contributed by atoms with Crippen LogP contribution in [0.2, 0.25) is 15.1 Å². The summed E-state index contributed by atoms with van der Waals surface area (Å²) in [5.74, 6) is -1.15. The van der Waals surface area contributed by atoms with Crippen molar-refractivity contribution in [3.8, 4) is 0 Å². The smallest absolute Gasteiger partial charge is 0.338 e. The molecule has 0 atom stereocenters. The molecule has 7 heteroatoms. The lowest BCUT2D eigenvalue weighted by atomic mass is 10.2. The molecule has 0 radical (unpaired) electrons. The monoisotopic (exact) mass is 357 g/mol. The SMILES string of the molecule is O=C(COC(=O)c1cccc(Cl)c1)Nc1ccc(Cl)cc1Cl. The summed E-state index contributed by atoms with van der Waals surface area (Å²) in [6, 6.07) is 10.9. The lowest BCUT2D eigenvalue weighted by molar-refractivity contribution is -0.119. The van der Waals surface area contributed by atoms with E-state index in [1.807, 2.05) is 0 Å². The topological polar surface area (TPSA) is 55.4 Å². The maximum absolute atomic E-state index is 11.8. The number of benzene rings is 2. The van der Waals surface area contributed by atoms with E-state index in [1.165, 1.54) is 12.1 Å². The van der Waals surface area contributed by atoms with E-state index < -0.39 is 18.5 Å². The first kappa shape index (κ1) is 16.6. The molecule has 22 heavy (non-hydrogen) atoms. The third-order valence-electron chi connectivity index (χ3n) is 2.60. The van der Waals surface area contributed by atoms with Crippen LogP contribution in [0, 0.1) is 0 Å². The zero-order valence-electron chi connectivity index (χ0n) is 11.1. The maximum Gasteiger partial charge on any atom is 0.338 e. The molecule has 2 aromatic rings. The summed E-state index contributed by atoms with van der Waals surface area (Å²) in [7, 11) is 0. The van der Waals surface area contributed by atoms with Gasteiger partial charge in [0, 0.05) is 10.0 Å². The summed E-state index contributed by atoms with van der Waals surface area (Å²) in [5.41, 5.74) is 0.652. The fraction of sp³-hybridized carbons (Fsp3) is 0.0667. The van der Waals surface area contributed by atoms with Crippen molar-refractivity contribution < 1.29 is 14.3 Å². The van der Waals surface area contributed by atoms with E-state index in [-0.39, 0.29) is 5.56 Å². The molecule has 1 amide bonds. The average Bonchev–Trinajstić information content (AvgIpc) is 2.47. The zero-order valence-corrected chi connectivity index (χ0v) is 13.4. The number of carbonyl (C=O) groups is 2. The van der Waals surface area contributed by atoms with Crippen LogP contribution in [0.15, 0.2) is 42.5 Å². The van der Waals surface area contributed by atoms with Crippen LogP contribution in [0.5, 0.6) is 0 Å². The molecule has 0 aromatic heterocycles. The predicted octanol–water partition coefficient (Wildman–Crippen LogP) is 4.44. The van der Waals surface area contributed by atoms with Gasteiger partial charge in [-0.3, -0.25) is 4.79 Å². The third-order valence-corrected chi connectivity index (χ3v) is 3.38. The number of carbonyl (C=O) groups excluding carboxylic acids is 2. The summed E-state index contributed by atoms with van der Waals surface area (Å²) in [6.07, 6.45) is 0. The Kier molecular flexibility index (Phi) is 5.66. The molecule has 0 aliphatic rings. The molecular formula is C15H10Cl3NO3. The van der Waals surface area contributed by atoms with Gasteiger partial charge in [-0.05, 0) is 36.4 Å². The molecule has 0 bridgehead atoms. The van der Waals surface area contributed by atoms with Gasteiger partial charge in [-0.15, -0.1) is 0 Å². The Morgan fingerprint density at radius 2 is 1.73 bits per heavy atom. The van der Waals surface area contributed by atoms with Gasteiger partial charge in [0.25, 0.3) is 5.91 Å². The van der Waals surface area contributed by atoms with E-state index in [1.54, 1.807) is 30.3 Å². The molecule has 0 heterocycles. The van der Waals surface area contributed by atoms with Crippen LogP contribution >= 0.6 is 34.8 Å². The van der Waals surface area contributed by atoms with E-state index in [9.17, 15) is 9.59 Å². The highest BCUT2D eigenvalue weighted by molar-refractivity contribution is 6.36. The molecule has 0 spiro atoms. The van der Waals surface area contributed by atoms with Gasteiger partial charge in [-0.1, -0.05) is 40.9 Å². The second kappa shape index (κ2) is 7.49. The quantitative estimate of drug-likeness (QED) is 0.822. The minimum atomic E-state index is -0.639. The molecule has 2 aromatic carbocycles. The summed E-state index contributed by atoms with van der Waals surface area (Å²) in [6.45, 7) is -0.440. The molecule has 114 valence electrons. The van der Waals surface area contributed by atoms with E-state index in [0.29, 0.717) is 20.8 Å². The van der Waals surface area contributed by atoms with Crippen LogP contribution in [0.25, 0.3) is 0 Å². The maximum atomic E-state index is 11.8. The molecule has 1 N–H and O–H groups in total. The van der Waals surface area contributed by atoms with Gasteiger partial charge in [0.05, 0.1) is 16.3 Å². The number of ether oxygens (including phenoxy) is 1. The number of rotatable bonds is 4. The van der Waals surface area contributed by atoms with Gasteiger partial charge in [-0.25, -0.2) is 4.79 Å². The fourth-order valence-electron chi connectivity index (χ4n) is 1.61. The van der Waals surface area contributed by atoms with Crippen molar-refractivity contribution in [3.05, 3.63) is 63.1 Å². The van der Waals surface area contributed by atoms with Crippen molar-refractivity contribution >= 4 is 52.4 Å². The Hall–Kier alpha value is -1.75. The Bertz CT molecular complexity index is 719. The number of hydrogen-bond donors (Lipinski definition) is 1. The lowest BCUT2D eigenvalue weighted by Gasteiger charge is -2.08. The molecule has 0 aliphatic carbocycles. The van der Waals surface area contributed by atoms with E-state index in [0.717, 1.165) is 0 Å². The lowest BCUT2D eigenvalue weighted by Crippen LogP contribution is -2.21. The van der Waals surface area contributed by atoms with Crippen LogP contribution < -0.4 is 5.32 Å². The van der Waals surface area contributed by atoms with E-state index in [2.05, 4.69) is 5.32 Å². The number of amides is 1. The summed E-state index contributed by atoms with van der Waals surface area (Å²) in [5, 5.41) is 3.68. The standard InChI is InChI=1S/C15H10Cl3NO3/c16-10-3-1-2-9(6-10)15(21)22-8-14(20)19-13-5-4-11(17)7-12(13)18/h1-7H,8H2,(H,19,20). The van der Waals surface area contributed by atoms with Crippen LogP contribution in [-0.4, -0.2) is 18.5 Å². The minimum absolute atomic E-state index is 0.268. The highest BCUT2D eigenvalue weighted by Crippen LogP contribution is 2.25. The van der Waals surface area contributed by atoms with Gasteiger partial charge in [0.15, 0.2) is 6.61 Å². The second-order valence-electron chi connectivity index (χ2n) is 4.26. The van der Waals surface area contributed by atoms with Crippen molar-refractivity contribution in [1.29, 1.82) is 0 Å².